The zero-order valence-electron chi connectivity index (χ0n) is 14.8. The summed E-state index contributed by atoms with van der Waals surface area (Å²) in [6.45, 7) is 3.12. The van der Waals surface area contributed by atoms with Crippen LogP contribution in [0.25, 0.3) is 11.1 Å². The van der Waals surface area contributed by atoms with Crippen molar-refractivity contribution in [3.8, 4) is 11.1 Å². The maximum atomic E-state index is 12.5. The minimum absolute atomic E-state index is 0.253. The number of carbonyl (C=O) groups excluding carboxylic acids is 2. The van der Waals surface area contributed by atoms with Gasteiger partial charge in [-0.05, 0) is 41.8 Å². The van der Waals surface area contributed by atoms with E-state index in [-0.39, 0.29) is 17.5 Å². The maximum absolute atomic E-state index is 12.5. The summed E-state index contributed by atoms with van der Waals surface area (Å²) >= 11 is 0. The van der Waals surface area contributed by atoms with E-state index in [2.05, 4.69) is 39.9 Å². The normalized spacial score (nSPS) is 17.6. The number of hydrazone groups is 1. The topological polar surface area (TPSA) is 73.8 Å². The number of hydrogen-bond donors (Lipinski definition) is 2. The van der Waals surface area contributed by atoms with E-state index in [4.69, 9.17) is 0 Å². The molecule has 0 fully saturated rings. The molecule has 2 aliphatic heterocycles. The predicted octanol–water partition coefficient (Wildman–Crippen LogP) is 2.13. The van der Waals surface area contributed by atoms with Gasteiger partial charge in [-0.15, -0.1) is 0 Å². The van der Waals surface area contributed by atoms with Crippen LogP contribution in [0.1, 0.15) is 23.6 Å². The molecule has 2 amide bonds. The summed E-state index contributed by atoms with van der Waals surface area (Å²) in [5.74, 6) is -0.589. The molecule has 0 saturated carbocycles. The van der Waals surface area contributed by atoms with E-state index in [1.807, 2.05) is 24.3 Å². The quantitative estimate of drug-likeness (QED) is 0.817. The molecule has 6 heteroatoms. The van der Waals surface area contributed by atoms with E-state index in [0.717, 1.165) is 47.5 Å². The molecule has 0 radical (unpaired) electrons. The fraction of sp³-hybridized carbons (Fsp3) is 0.250. The van der Waals surface area contributed by atoms with Gasteiger partial charge >= 0.3 is 0 Å². The number of rotatable bonds is 2. The lowest BCUT2D eigenvalue weighted by molar-refractivity contribution is -0.118. The highest BCUT2D eigenvalue weighted by Crippen LogP contribution is 2.39. The lowest BCUT2D eigenvalue weighted by Gasteiger charge is -2.29. The van der Waals surface area contributed by atoms with Crippen molar-refractivity contribution in [3.63, 3.8) is 0 Å². The highest BCUT2D eigenvalue weighted by molar-refractivity contribution is 6.54. The van der Waals surface area contributed by atoms with Gasteiger partial charge in [0.1, 0.15) is 0 Å². The van der Waals surface area contributed by atoms with Crippen LogP contribution in [-0.2, 0) is 22.6 Å². The van der Waals surface area contributed by atoms with Crippen molar-refractivity contribution < 1.29 is 9.59 Å². The zero-order valence-corrected chi connectivity index (χ0v) is 14.8. The number of benzene rings is 2. The molecule has 2 aliphatic rings. The van der Waals surface area contributed by atoms with Crippen LogP contribution in [0.15, 0.2) is 41.5 Å². The molecule has 26 heavy (non-hydrogen) atoms. The fourth-order valence-electron chi connectivity index (χ4n) is 3.64. The summed E-state index contributed by atoms with van der Waals surface area (Å²) in [6.07, 6.45) is 0.928. The molecular weight excluding hydrogens is 328 g/mol. The van der Waals surface area contributed by atoms with Crippen molar-refractivity contribution in [1.29, 1.82) is 0 Å². The van der Waals surface area contributed by atoms with E-state index < -0.39 is 0 Å². The first-order valence-corrected chi connectivity index (χ1v) is 8.63. The third-order valence-electron chi connectivity index (χ3n) is 4.84. The number of amides is 2. The first-order chi connectivity index (χ1) is 12.5. The van der Waals surface area contributed by atoms with Crippen LogP contribution in [0.4, 0.5) is 5.69 Å². The summed E-state index contributed by atoms with van der Waals surface area (Å²) < 4.78 is 0. The summed E-state index contributed by atoms with van der Waals surface area (Å²) in [5, 5.41) is 6.99. The van der Waals surface area contributed by atoms with Gasteiger partial charge in [-0.1, -0.05) is 30.3 Å². The van der Waals surface area contributed by atoms with Gasteiger partial charge in [0.05, 0.1) is 5.69 Å². The number of likely N-dealkylation sites (N-methyl/N-ethyl adjacent to an activating group) is 1. The largest absolute Gasteiger partial charge is 0.320 e. The van der Waals surface area contributed by atoms with Crippen molar-refractivity contribution in [3.05, 3.63) is 53.1 Å². The SMILES string of the molecule is CC(=O)NN=C1C(=O)Nc2c1cc(-c1ccccc1)c1c2CN(C)CC1. The van der Waals surface area contributed by atoms with Crippen molar-refractivity contribution in [1.82, 2.24) is 10.3 Å². The number of anilines is 1. The van der Waals surface area contributed by atoms with E-state index in [0.29, 0.717) is 0 Å². The molecule has 2 heterocycles. The number of hydrogen-bond acceptors (Lipinski definition) is 4. The number of nitrogens with zero attached hydrogens (tertiary/aromatic N) is 2. The van der Waals surface area contributed by atoms with Crippen molar-refractivity contribution in [2.24, 2.45) is 5.10 Å². The maximum Gasteiger partial charge on any atom is 0.276 e. The van der Waals surface area contributed by atoms with Crippen molar-refractivity contribution in [2.45, 2.75) is 19.9 Å². The Kier molecular flexibility index (Phi) is 4.05. The molecule has 0 bridgehead atoms. The highest BCUT2D eigenvalue weighted by atomic mass is 16.2. The Morgan fingerprint density at radius 3 is 2.69 bits per heavy atom. The Labute approximate surface area is 151 Å². The fourth-order valence-corrected chi connectivity index (χ4v) is 3.64. The summed E-state index contributed by atoms with van der Waals surface area (Å²) in [5.41, 5.74) is 8.86. The van der Waals surface area contributed by atoms with Gasteiger partial charge in [0.25, 0.3) is 5.91 Å². The van der Waals surface area contributed by atoms with Crippen LogP contribution in [0.2, 0.25) is 0 Å². The second kappa shape index (κ2) is 6.38. The molecule has 132 valence electrons. The second-order valence-corrected chi connectivity index (χ2v) is 6.74. The van der Waals surface area contributed by atoms with Crippen molar-refractivity contribution >= 4 is 23.2 Å². The molecular formula is C20H20N4O2. The van der Waals surface area contributed by atoms with Crippen LogP contribution < -0.4 is 10.7 Å². The van der Waals surface area contributed by atoms with Gasteiger partial charge in [0.2, 0.25) is 5.91 Å². The molecule has 4 rings (SSSR count). The minimum Gasteiger partial charge on any atom is -0.320 e. The molecule has 0 saturated heterocycles. The van der Waals surface area contributed by atoms with Crippen LogP contribution in [-0.4, -0.2) is 36.0 Å². The highest BCUT2D eigenvalue weighted by Gasteiger charge is 2.33. The summed E-state index contributed by atoms with van der Waals surface area (Å²) in [4.78, 5) is 25.9. The smallest absolute Gasteiger partial charge is 0.276 e. The predicted molar refractivity (Wildman–Crippen MR) is 101 cm³/mol. The number of carbonyl (C=O) groups is 2. The lowest BCUT2D eigenvalue weighted by Crippen LogP contribution is -2.27. The Morgan fingerprint density at radius 2 is 1.96 bits per heavy atom. The molecule has 6 nitrogen and oxygen atoms in total. The van der Waals surface area contributed by atoms with Gasteiger partial charge in [-0.3, -0.25) is 9.59 Å². The monoisotopic (exact) mass is 348 g/mol. The third kappa shape index (κ3) is 2.78. The van der Waals surface area contributed by atoms with Crippen molar-refractivity contribution in [2.75, 3.05) is 18.9 Å². The minimum atomic E-state index is -0.306. The van der Waals surface area contributed by atoms with Crippen LogP contribution in [0.5, 0.6) is 0 Å². The van der Waals surface area contributed by atoms with Gasteiger partial charge in [-0.2, -0.15) is 5.10 Å². The summed E-state index contributed by atoms with van der Waals surface area (Å²) in [6, 6.07) is 12.2. The Morgan fingerprint density at radius 1 is 1.19 bits per heavy atom. The Balaban J connectivity index is 1.93. The molecule has 0 spiro atoms. The first-order valence-electron chi connectivity index (χ1n) is 8.63. The summed E-state index contributed by atoms with van der Waals surface area (Å²) in [7, 11) is 2.08. The third-order valence-corrected chi connectivity index (χ3v) is 4.84. The molecule has 2 N–H and O–H groups in total. The second-order valence-electron chi connectivity index (χ2n) is 6.74. The lowest BCUT2D eigenvalue weighted by atomic mass is 9.87. The van der Waals surface area contributed by atoms with E-state index >= 15 is 0 Å². The average Bonchev–Trinajstić information content (AvgIpc) is 2.95. The molecule has 0 aliphatic carbocycles. The number of nitrogens with one attached hydrogen (secondary N) is 2. The molecule has 2 aromatic rings. The number of fused-ring (bicyclic) bond motifs is 3. The van der Waals surface area contributed by atoms with E-state index in [9.17, 15) is 9.59 Å². The Bertz CT molecular complexity index is 935. The average molecular weight is 348 g/mol. The standard InChI is InChI=1S/C20H20N4O2/c1-12(25)22-23-19-16-10-15(13-6-4-3-5-7-13)14-8-9-24(2)11-17(14)18(16)21-20(19)26/h3-7,10H,8-9,11H2,1-2H3,(H,22,25)(H,21,23,26). The molecule has 0 aromatic heterocycles. The zero-order chi connectivity index (χ0) is 18.3. The van der Waals surface area contributed by atoms with E-state index in [1.54, 1.807) is 0 Å². The Hall–Kier alpha value is -2.99. The van der Waals surface area contributed by atoms with Gasteiger partial charge in [0, 0.05) is 25.6 Å². The first kappa shape index (κ1) is 16.5. The van der Waals surface area contributed by atoms with Crippen LogP contribution in [0.3, 0.4) is 0 Å². The van der Waals surface area contributed by atoms with Gasteiger partial charge in [0.15, 0.2) is 5.71 Å². The van der Waals surface area contributed by atoms with Gasteiger partial charge in [-0.25, -0.2) is 5.43 Å². The van der Waals surface area contributed by atoms with E-state index in [1.165, 1.54) is 12.5 Å². The van der Waals surface area contributed by atoms with Crippen LogP contribution in [0, 0.1) is 0 Å². The molecule has 2 aromatic carbocycles. The van der Waals surface area contributed by atoms with Gasteiger partial charge < -0.3 is 10.2 Å². The van der Waals surface area contributed by atoms with Crippen LogP contribution >= 0.6 is 0 Å². The molecule has 0 atom stereocenters. The molecule has 0 unspecified atom stereocenters.